The second-order valence-electron chi connectivity index (χ2n) is 5.34. The summed E-state index contributed by atoms with van der Waals surface area (Å²) < 4.78 is 8.08. The molecule has 0 saturated carbocycles. The SMILES string of the molecule is COc1ccsc1Cc1cc2sc(Cc3sccc3C=O)cc2s1. The number of fused-ring (bicyclic) bond motifs is 1. The summed E-state index contributed by atoms with van der Waals surface area (Å²) >= 11 is 7.09. The standard InChI is InChI=1S/C18H14O2S4/c1-20-14-3-5-22-16(14)7-13-9-18-17(24-13)8-12(23-18)6-15-11(10-19)2-4-21-15/h2-5,8-10H,6-7H2,1H3. The van der Waals surface area contributed by atoms with Gasteiger partial charge in [0.15, 0.2) is 6.29 Å². The zero-order chi connectivity index (χ0) is 16.5. The van der Waals surface area contributed by atoms with Crippen molar-refractivity contribution in [1.82, 2.24) is 0 Å². The molecule has 0 spiro atoms. The van der Waals surface area contributed by atoms with E-state index in [1.807, 2.05) is 40.2 Å². The smallest absolute Gasteiger partial charge is 0.151 e. The molecule has 4 heterocycles. The van der Waals surface area contributed by atoms with E-state index in [9.17, 15) is 4.79 Å². The molecule has 0 saturated heterocycles. The summed E-state index contributed by atoms with van der Waals surface area (Å²) in [4.78, 5) is 16.2. The van der Waals surface area contributed by atoms with Crippen molar-refractivity contribution in [3.8, 4) is 5.75 Å². The molecule has 24 heavy (non-hydrogen) atoms. The van der Waals surface area contributed by atoms with Crippen LogP contribution in [0.3, 0.4) is 0 Å². The number of carbonyl (C=O) groups is 1. The van der Waals surface area contributed by atoms with Gasteiger partial charge in [0, 0.05) is 42.4 Å². The number of hydrogen-bond donors (Lipinski definition) is 0. The monoisotopic (exact) mass is 390 g/mol. The van der Waals surface area contributed by atoms with E-state index in [4.69, 9.17) is 4.74 Å². The van der Waals surface area contributed by atoms with Gasteiger partial charge in [-0.3, -0.25) is 4.79 Å². The molecule has 0 aliphatic carbocycles. The van der Waals surface area contributed by atoms with Crippen LogP contribution in [0.1, 0.15) is 29.9 Å². The normalized spacial score (nSPS) is 11.2. The van der Waals surface area contributed by atoms with Crippen LogP contribution < -0.4 is 4.74 Å². The first-order valence-electron chi connectivity index (χ1n) is 7.40. The summed E-state index contributed by atoms with van der Waals surface area (Å²) in [6, 6.07) is 8.49. The van der Waals surface area contributed by atoms with Crippen LogP contribution in [0.5, 0.6) is 5.75 Å². The summed E-state index contributed by atoms with van der Waals surface area (Å²) in [5.74, 6) is 0.983. The Morgan fingerprint density at radius 2 is 1.58 bits per heavy atom. The molecule has 0 atom stereocenters. The Morgan fingerprint density at radius 3 is 2.25 bits per heavy atom. The molecule has 0 N–H and O–H groups in total. The topological polar surface area (TPSA) is 26.3 Å². The van der Waals surface area contributed by atoms with E-state index >= 15 is 0 Å². The Morgan fingerprint density at radius 1 is 0.958 bits per heavy atom. The molecule has 4 aromatic heterocycles. The number of thiophene rings is 4. The van der Waals surface area contributed by atoms with Crippen molar-refractivity contribution < 1.29 is 9.53 Å². The first-order valence-corrected chi connectivity index (χ1v) is 10.8. The second-order valence-corrected chi connectivity index (χ2v) is 9.67. The quantitative estimate of drug-likeness (QED) is 0.372. The number of ether oxygens (including phenoxy) is 1. The molecule has 4 aromatic rings. The highest BCUT2D eigenvalue weighted by molar-refractivity contribution is 7.28. The first-order chi connectivity index (χ1) is 11.8. The molecule has 0 unspecified atom stereocenters. The Kier molecular flexibility index (Phi) is 4.54. The molecule has 0 aliphatic rings. The fourth-order valence-electron chi connectivity index (χ4n) is 2.67. The van der Waals surface area contributed by atoms with Gasteiger partial charge in [0.2, 0.25) is 0 Å². The Labute approximate surface area is 156 Å². The van der Waals surface area contributed by atoms with Crippen molar-refractivity contribution in [2.24, 2.45) is 0 Å². The Balaban J connectivity index is 1.55. The van der Waals surface area contributed by atoms with E-state index in [0.29, 0.717) is 0 Å². The third-order valence-electron chi connectivity index (χ3n) is 3.81. The lowest BCUT2D eigenvalue weighted by atomic mass is 10.2. The summed E-state index contributed by atoms with van der Waals surface area (Å²) in [6.07, 6.45) is 2.74. The number of hydrogen-bond acceptors (Lipinski definition) is 6. The van der Waals surface area contributed by atoms with E-state index < -0.39 is 0 Å². The first kappa shape index (κ1) is 16.0. The fraction of sp³-hybridized carbons (Fsp3) is 0.167. The lowest BCUT2D eigenvalue weighted by Crippen LogP contribution is -1.86. The lowest BCUT2D eigenvalue weighted by Gasteiger charge is -2.00. The molecule has 2 nitrogen and oxygen atoms in total. The van der Waals surface area contributed by atoms with E-state index in [1.54, 1.807) is 29.8 Å². The summed E-state index contributed by atoms with van der Waals surface area (Å²) in [6.45, 7) is 0. The van der Waals surface area contributed by atoms with Crippen molar-refractivity contribution in [3.63, 3.8) is 0 Å². The van der Waals surface area contributed by atoms with Crippen LogP contribution >= 0.6 is 45.3 Å². The maximum atomic E-state index is 11.1. The van der Waals surface area contributed by atoms with Gasteiger partial charge < -0.3 is 4.74 Å². The summed E-state index contributed by atoms with van der Waals surface area (Å²) in [5, 5.41) is 4.06. The van der Waals surface area contributed by atoms with Gasteiger partial charge in [-0.1, -0.05) is 0 Å². The number of rotatable bonds is 6. The van der Waals surface area contributed by atoms with Crippen LogP contribution in [0.2, 0.25) is 0 Å². The van der Waals surface area contributed by atoms with Gasteiger partial charge in [0.05, 0.1) is 12.0 Å². The molecule has 0 amide bonds. The van der Waals surface area contributed by atoms with E-state index in [2.05, 4.69) is 17.5 Å². The highest BCUT2D eigenvalue weighted by Gasteiger charge is 2.12. The molecular weight excluding hydrogens is 376 g/mol. The number of carbonyl (C=O) groups excluding carboxylic acids is 1. The van der Waals surface area contributed by atoms with E-state index in [-0.39, 0.29) is 0 Å². The Bertz CT molecular complexity index is 954. The van der Waals surface area contributed by atoms with Crippen molar-refractivity contribution in [1.29, 1.82) is 0 Å². The molecule has 0 bridgehead atoms. The minimum Gasteiger partial charge on any atom is -0.496 e. The van der Waals surface area contributed by atoms with Crippen LogP contribution in [0.25, 0.3) is 9.40 Å². The van der Waals surface area contributed by atoms with Crippen molar-refractivity contribution in [2.45, 2.75) is 12.8 Å². The summed E-state index contributed by atoms with van der Waals surface area (Å²) in [5.41, 5.74) is 0.822. The maximum absolute atomic E-state index is 11.1. The Hall–Kier alpha value is -1.47. The van der Waals surface area contributed by atoms with Gasteiger partial charge in [0.25, 0.3) is 0 Å². The van der Waals surface area contributed by atoms with E-state index in [1.165, 1.54) is 24.0 Å². The highest BCUT2D eigenvalue weighted by atomic mass is 32.1. The van der Waals surface area contributed by atoms with E-state index in [0.717, 1.165) is 35.3 Å². The van der Waals surface area contributed by atoms with Gasteiger partial charge in [-0.2, -0.15) is 0 Å². The average Bonchev–Trinajstić information content (AvgIpc) is 3.31. The molecule has 0 radical (unpaired) electrons. The van der Waals surface area contributed by atoms with Crippen LogP contribution in [0.15, 0.2) is 35.0 Å². The molecular formula is C18H14O2S4. The largest absolute Gasteiger partial charge is 0.496 e. The molecule has 122 valence electrons. The molecule has 0 fully saturated rings. The number of methoxy groups -OCH3 is 1. The van der Waals surface area contributed by atoms with Crippen LogP contribution in [-0.2, 0) is 12.8 Å². The van der Waals surface area contributed by atoms with Gasteiger partial charge in [-0.25, -0.2) is 0 Å². The molecule has 0 aliphatic heterocycles. The minimum atomic E-state index is 0.822. The van der Waals surface area contributed by atoms with Gasteiger partial charge in [-0.15, -0.1) is 45.3 Å². The summed E-state index contributed by atoms with van der Waals surface area (Å²) in [7, 11) is 1.73. The minimum absolute atomic E-state index is 0.822. The number of aldehydes is 1. The van der Waals surface area contributed by atoms with Gasteiger partial charge in [-0.05, 0) is 35.0 Å². The van der Waals surface area contributed by atoms with Crippen LogP contribution in [0.4, 0.5) is 0 Å². The van der Waals surface area contributed by atoms with Gasteiger partial charge >= 0.3 is 0 Å². The second kappa shape index (κ2) is 6.80. The van der Waals surface area contributed by atoms with Crippen LogP contribution in [-0.4, -0.2) is 13.4 Å². The lowest BCUT2D eigenvalue weighted by molar-refractivity contribution is 0.112. The third kappa shape index (κ3) is 3.07. The predicted molar refractivity (Wildman–Crippen MR) is 106 cm³/mol. The van der Waals surface area contributed by atoms with Crippen molar-refractivity contribution in [2.75, 3.05) is 7.11 Å². The molecule has 6 heteroatoms. The average molecular weight is 391 g/mol. The van der Waals surface area contributed by atoms with Crippen molar-refractivity contribution in [3.05, 3.63) is 60.1 Å². The predicted octanol–water partition coefficient (Wildman–Crippen LogP) is 6.09. The van der Waals surface area contributed by atoms with Crippen molar-refractivity contribution >= 4 is 61.0 Å². The highest BCUT2D eigenvalue weighted by Crippen LogP contribution is 2.37. The zero-order valence-corrected chi connectivity index (χ0v) is 16.2. The van der Waals surface area contributed by atoms with Crippen LogP contribution in [0, 0.1) is 0 Å². The fourth-order valence-corrected chi connectivity index (χ4v) is 7.05. The maximum Gasteiger partial charge on any atom is 0.151 e. The zero-order valence-electron chi connectivity index (χ0n) is 12.9. The third-order valence-corrected chi connectivity index (χ3v) is 7.94. The van der Waals surface area contributed by atoms with Gasteiger partial charge in [0.1, 0.15) is 5.75 Å². The molecule has 0 aromatic carbocycles. The molecule has 4 rings (SSSR count).